The first-order valence-corrected chi connectivity index (χ1v) is 14.0. The van der Waals surface area contributed by atoms with Gasteiger partial charge in [0.15, 0.2) is 6.29 Å². The van der Waals surface area contributed by atoms with Crippen LogP contribution >= 0.6 is 23.2 Å². The molecule has 222 valence electrons. The van der Waals surface area contributed by atoms with Gasteiger partial charge in [0.2, 0.25) is 0 Å². The zero-order chi connectivity index (χ0) is 30.0. The maximum absolute atomic E-state index is 14.3. The molecule has 0 bridgehead atoms. The Labute approximate surface area is 251 Å². The Morgan fingerprint density at radius 3 is 2.17 bits per heavy atom. The molecular formula is C30H28Cl2F3N3O4. The number of ether oxygens (including phenoxy) is 3. The number of carbonyl (C=O) groups is 1. The summed E-state index contributed by atoms with van der Waals surface area (Å²) in [5.41, 5.74) is 0.845. The average Bonchev–Trinajstić information content (AvgIpc) is 3.61. The molecule has 3 aromatic rings. The molecule has 0 aromatic heterocycles. The van der Waals surface area contributed by atoms with E-state index in [2.05, 4.69) is 0 Å². The molecule has 2 unspecified atom stereocenters. The highest BCUT2D eigenvalue weighted by Gasteiger charge is 2.45. The van der Waals surface area contributed by atoms with Crippen molar-refractivity contribution in [2.75, 3.05) is 33.4 Å². The molecule has 2 heterocycles. The van der Waals surface area contributed by atoms with Crippen LogP contribution in [0.25, 0.3) is 0 Å². The van der Waals surface area contributed by atoms with Gasteiger partial charge in [-0.1, -0.05) is 47.5 Å². The van der Waals surface area contributed by atoms with Gasteiger partial charge in [-0.2, -0.15) is 13.2 Å². The third kappa shape index (κ3) is 6.36. The van der Waals surface area contributed by atoms with Crippen molar-refractivity contribution in [3.8, 4) is 5.75 Å². The van der Waals surface area contributed by atoms with Crippen LogP contribution in [0.5, 0.6) is 5.75 Å². The lowest BCUT2D eigenvalue weighted by Crippen LogP contribution is -2.47. The number of benzene rings is 3. The fraction of sp³-hybridized carbons (Fsp3) is 0.333. The summed E-state index contributed by atoms with van der Waals surface area (Å²) >= 11 is 12.4. The van der Waals surface area contributed by atoms with Gasteiger partial charge in [0.05, 0.1) is 43.5 Å². The summed E-state index contributed by atoms with van der Waals surface area (Å²) in [6.07, 6.45) is -5.19. The lowest BCUT2D eigenvalue weighted by molar-refractivity contribution is -0.137. The number of urea groups is 1. The number of rotatable bonds is 7. The lowest BCUT2D eigenvalue weighted by atomic mass is 9.93. The van der Waals surface area contributed by atoms with Gasteiger partial charge in [-0.3, -0.25) is 9.89 Å². The van der Waals surface area contributed by atoms with Gasteiger partial charge in [0.1, 0.15) is 17.6 Å². The maximum Gasteiger partial charge on any atom is 0.416 e. The smallest absolute Gasteiger partial charge is 0.416 e. The van der Waals surface area contributed by atoms with Gasteiger partial charge >= 0.3 is 12.2 Å². The normalized spacial score (nSPS) is 19.2. The minimum absolute atomic E-state index is 0.0411. The second-order valence-corrected chi connectivity index (χ2v) is 10.7. The Hall–Kier alpha value is -3.31. The summed E-state index contributed by atoms with van der Waals surface area (Å²) in [5, 5.41) is 1.03. The molecule has 7 nitrogen and oxygen atoms in total. The van der Waals surface area contributed by atoms with Crippen LogP contribution in [-0.4, -0.2) is 61.4 Å². The second-order valence-electron chi connectivity index (χ2n) is 9.79. The topological polar surface area (TPSA) is 63.6 Å². The summed E-state index contributed by atoms with van der Waals surface area (Å²) in [6.45, 7) is 2.74. The highest BCUT2D eigenvalue weighted by Crippen LogP contribution is 2.46. The van der Waals surface area contributed by atoms with E-state index in [0.717, 1.165) is 23.3 Å². The molecule has 42 heavy (non-hydrogen) atoms. The molecule has 2 atom stereocenters. The number of amidine groups is 1. The molecule has 0 saturated carbocycles. The minimum atomic E-state index is -4.59. The van der Waals surface area contributed by atoms with Crippen LogP contribution < -0.4 is 4.74 Å². The van der Waals surface area contributed by atoms with E-state index < -0.39 is 36.1 Å². The van der Waals surface area contributed by atoms with Crippen LogP contribution in [0.2, 0.25) is 10.0 Å². The van der Waals surface area contributed by atoms with Crippen LogP contribution in [0, 0.1) is 0 Å². The van der Waals surface area contributed by atoms with Crippen molar-refractivity contribution in [1.29, 1.82) is 0 Å². The first-order valence-electron chi connectivity index (χ1n) is 13.3. The summed E-state index contributed by atoms with van der Waals surface area (Å²) in [4.78, 5) is 22.2. The number of amides is 2. The fourth-order valence-electron chi connectivity index (χ4n) is 5.01. The van der Waals surface area contributed by atoms with Crippen LogP contribution in [0.3, 0.4) is 0 Å². The second kappa shape index (κ2) is 12.5. The summed E-state index contributed by atoms with van der Waals surface area (Å²) in [6, 6.07) is 15.5. The number of hydrogen-bond acceptors (Lipinski definition) is 5. The van der Waals surface area contributed by atoms with E-state index in [4.69, 9.17) is 42.4 Å². The highest BCUT2D eigenvalue weighted by molar-refractivity contribution is 6.30. The molecule has 0 radical (unpaired) electrons. The Morgan fingerprint density at radius 1 is 1.00 bits per heavy atom. The molecule has 2 aliphatic heterocycles. The van der Waals surface area contributed by atoms with E-state index in [1.807, 2.05) is 12.1 Å². The monoisotopic (exact) mass is 621 g/mol. The van der Waals surface area contributed by atoms with E-state index in [1.165, 1.54) is 15.9 Å². The van der Waals surface area contributed by atoms with Gasteiger partial charge in [0.25, 0.3) is 0 Å². The van der Waals surface area contributed by atoms with Crippen molar-refractivity contribution in [3.63, 3.8) is 0 Å². The van der Waals surface area contributed by atoms with Crippen molar-refractivity contribution in [2.24, 2.45) is 4.99 Å². The molecule has 12 heteroatoms. The molecule has 0 spiro atoms. The van der Waals surface area contributed by atoms with Gasteiger partial charge in [0, 0.05) is 17.1 Å². The van der Waals surface area contributed by atoms with E-state index >= 15 is 0 Å². The van der Waals surface area contributed by atoms with Gasteiger partial charge in [-0.05, 0) is 60.5 Å². The third-order valence-electron chi connectivity index (χ3n) is 6.99. The van der Waals surface area contributed by atoms with E-state index in [1.54, 1.807) is 50.4 Å². The molecule has 3 aromatic carbocycles. The zero-order valence-electron chi connectivity index (χ0n) is 22.8. The van der Waals surface area contributed by atoms with Crippen LogP contribution in [0.4, 0.5) is 18.0 Å². The van der Waals surface area contributed by atoms with Crippen LogP contribution in [-0.2, 0) is 15.7 Å². The van der Waals surface area contributed by atoms with E-state index in [9.17, 15) is 18.0 Å². The van der Waals surface area contributed by atoms with Gasteiger partial charge in [-0.25, -0.2) is 4.79 Å². The predicted molar refractivity (Wildman–Crippen MR) is 153 cm³/mol. The van der Waals surface area contributed by atoms with Crippen LogP contribution in [0.15, 0.2) is 71.7 Å². The average molecular weight is 622 g/mol. The zero-order valence-corrected chi connectivity index (χ0v) is 24.3. The number of hydrogen-bond donors (Lipinski definition) is 0. The number of carbonyl (C=O) groups excluding carboxylic acids is 1. The van der Waals surface area contributed by atoms with Crippen molar-refractivity contribution in [3.05, 3.63) is 99.0 Å². The molecule has 1 fully saturated rings. The van der Waals surface area contributed by atoms with Crippen molar-refractivity contribution in [2.45, 2.75) is 31.5 Å². The van der Waals surface area contributed by atoms with Gasteiger partial charge < -0.3 is 19.1 Å². The Kier molecular flexibility index (Phi) is 8.98. The van der Waals surface area contributed by atoms with Crippen molar-refractivity contribution >= 4 is 35.1 Å². The maximum atomic E-state index is 14.3. The lowest BCUT2D eigenvalue weighted by Gasteiger charge is -2.33. The Balaban J connectivity index is 1.67. The predicted octanol–water partition coefficient (Wildman–Crippen LogP) is 7.38. The number of aliphatic imine (C=N–C) groups is 1. The largest absolute Gasteiger partial charge is 0.493 e. The van der Waals surface area contributed by atoms with Crippen molar-refractivity contribution < 1.29 is 32.2 Å². The molecule has 5 rings (SSSR count). The van der Waals surface area contributed by atoms with E-state index in [0.29, 0.717) is 23.3 Å². The standard InChI is InChI=1S/C30H28Cl2F3N3O4/c1-3-40-24-16-20(30(33,34)35)8-13-23(24)28-36-26(18-4-9-21(31)10-5-18)27(19-6-11-22(32)12-7-19)38(28)29(39)37(2)17-25-41-14-15-42-25/h4-13,16,25-27H,3,14-15,17H2,1-2H3. The number of halogens is 5. The first-order chi connectivity index (χ1) is 20.1. The summed E-state index contributed by atoms with van der Waals surface area (Å²) in [5.74, 6) is 0.123. The first kappa shape index (κ1) is 30.2. The van der Waals surface area contributed by atoms with Crippen LogP contribution in [0.1, 0.15) is 41.3 Å². The quantitative estimate of drug-likeness (QED) is 0.276. The number of likely N-dealkylation sites (N-methyl/N-ethyl adjacent to an activating group) is 1. The highest BCUT2D eigenvalue weighted by atomic mass is 35.5. The molecular weight excluding hydrogens is 594 g/mol. The SMILES string of the molecule is CCOc1cc(C(F)(F)F)ccc1C1=NC(c2ccc(Cl)cc2)C(c2ccc(Cl)cc2)N1C(=O)N(C)CC1OCCO1. The molecule has 2 amide bonds. The molecule has 0 aliphatic carbocycles. The fourth-order valence-corrected chi connectivity index (χ4v) is 5.26. The minimum Gasteiger partial charge on any atom is -0.493 e. The molecule has 0 N–H and O–H groups in total. The Morgan fingerprint density at radius 2 is 1.60 bits per heavy atom. The molecule has 2 aliphatic rings. The number of nitrogens with zero attached hydrogens (tertiary/aromatic N) is 3. The van der Waals surface area contributed by atoms with E-state index in [-0.39, 0.29) is 30.3 Å². The summed E-state index contributed by atoms with van der Waals surface area (Å²) < 4.78 is 57.7. The third-order valence-corrected chi connectivity index (χ3v) is 7.49. The summed E-state index contributed by atoms with van der Waals surface area (Å²) in [7, 11) is 1.61. The molecule has 1 saturated heterocycles. The van der Waals surface area contributed by atoms with Gasteiger partial charge in [-0.15, -0.1) is 0 Å². The Bertz CT molecular complexity index is 1450. The van der Waals surface area contributed by atoms with Crippen molar-refractivity contribution in [1.82, 2.24) is 9.80 Å². The number of alkyl halides is 3.